The highest BCUT2D eigenvalue weighted by molar-refractivity contribution is 7.91. The Hall–Kier alpha value is -1.23. The topological polar surface area (TPSA) is 69.4 Å². The van der Waals surface area contributed by atoms with E-state index < -0.39 is 9.84 Å². The molecule has 4 nitrogen and oxygen atoms in total. The molecule has 1 unspecified atom stereocenters. The molecule has 108 valence electrons. The molecule has 0 heterocycles. The average Bonchev–Trinajstić information content (AvgIpc) is 2.36. The molecule has 1 aromatic rings. The molecular formula is C14H23NO3S. The summed E-state index contributed by atoms with van der Waals surface area (Å²) in [4.78, 5) is 0. The third-order valence-corrected chi connectivity index (χ3v) is 5.00. The zero-order chi connectivity index (χ0) is 14.3. The minimum Gasteiger partial charge on any atom is -0.491 e. The van der Waals surface area contributed by atoms with Crippen molar-refractivity contribution in [3.63, 3.8) is 0 Å². The first-order valence-corrected chi connectivity index (χ1v) is 8.44. The van der Waals surface area contributed by atoms with Crippen LogP contribution in [0.5, 0.6) is 5.75 Å². The van der Waals surface area contributed by atoms with Gasteiger partial charge in [0.1, 0.15) is 5.75 Å². The third kappa shape index (κ3) is 5.96. The van der Waals surface area contributed by atoms with Crippen molar-refractivity contribution in [2.75, 3.05) is 23.8 Å². The molecule has 0 saturated carbocycles. The van der Waals surface area contributed by atoms with Gasteiger partial charge in [-0.1, -0.05) is 32.4 Å². The summed E-state index contributed by atoms with van der Waals surface area (Å²) in [6.45, 7) is 4.33. The van der Waals surface area contributed by atoms with Gasteiger partial charge in [-0.25, -0.2) is 8.42 Å². The van der Waals surface area contributed by atoms with E-state index in [0.29, 0.717) is 24.5 Å². The Labute approximate surface area is 115 Å². The fourth-order valence-electron chi connectivity index (χ4n) is 1.71. The van der Waals surface area contributed by atoms with E-state index in [0.717, 1.165) is 6.42 Å². The number of rotatable bonds is 8. The SMILES string of the molecule is CCC(C)CS(=O)(=O)CCCOc1ccccc1N. The van der Waals surface area contributed by atoms with Gasteiger partial charge in [-0.15, -0.1) is 0 Å². The van der Waals surface area contributed by atoms with Crippen molar-refractivity contribution in [1.29, 1.82) is 0 Å². The molecule has 0 saturated heterocycles. The second-order valence-corrected chi connectivity index (χ2v) is 7.10. The highest BCUT2D eigenvalue weighted by Crippen LogP contribution is 2.19. The Balaban J connectivity index is 2.33. The maximum absolute atomic E-state index is 11.8. The number of para-hydroxylation sites is 2. The van der Waals surface area contributed by atoms with Gasteiger partial charge in [-0.3, -0.25) is 0 Å². The lowest BCUT2D eigenvalue weighted by Crippen LogP contribution is -2.18. The van der Waals surface area contributed by atoms with Gasteiger partial charge in [0.2, 0.25) is 0 Å². The van der Waals surface area contributed by atoms with Crippen molar-refractivity contribution in [1.82, 2.24) is 0 Å². The lowest BCUT2D eigenvalue weighted by Gasteiger charge is -2.11. The quantitative estimate of drug-likeness (QED) is 0.588. The molecule has 0 aliphatic heterocycles. The fourth-order valence-corrected chi connectivity index (χ4v) is 3.53. The van der Waals surface area contributed by atoms with Crippen LogP contribution in [0.3, 0.4) is 0 Å². The van der Waals surface area contributed by atoms with Crippen LogP contribution in [0, 0.1) is 5.92 Å². The van der Waals surface area contributed by atoms with Crippen LogP contribution >= 0.6 is 0 Å². The Bertz CT molecular complexity index is 485. The summed E-state index contributed by atoms with van der Waals surface area (Å²) in [5.74, 6) is 1.26. The van der Waals surface area contributed by atoms with E-state index in [4.69, 9.17) is 10.5 Å². The summed E-state index contributed by atoms with van der Waals surface area (Å²) in [6.07, 6.45) is 1.38. The number of nitrogen functional groups attached to an aromatic ring is 1. The van der Waals surface area contributed by atoms with Crippen LogP contribution in [0.15, 0.2) is 24.3 Å². The fraction of sp³-hybridized carbons (Fsp3) is 0.571. The first-order chi connectivity index (χ1) is 8.94. The van der Waals surface area contributed by atoms with E-state index in [1.54, 1.807) is 12.1 Å². The summed E-state index contributed by atoms with van der Waals surface area (Å²) in [7, 11) is -2.97. The molecule has 1 aromatic carbocycles. The predicted octanol–water partition coefficient (Wildman–Crippen LogP) is 2.50. The van der Waals surface area contributed by atoms with Crippen LogP contribution in [-0.2, 0) is 9.84 Å². The number of sulfone groups is 1. The Kier molecular flexibility index (Phi) is 6.15. The standard InChI is InChI=1S/C14H23NO3S/c1-3-12(2)11-19(16,17)10-6-9-18-14-8-5-4-7-13(14)15/h4-5,7-8,12H,3,6,9-11,15H2,1-2H3. The summed E-state index contributed by atoms with van der Waals surface area (Å²) in [5.41, 5.74) is 6.30. The van der Waals surface area contributed by atoms with Crippen molar-refractivity contribution >= 4 is 15.5 Å². The Morgan fingerprint density at radius 1 is 1.32 bits per heavy atom. The highest BCUT2D eigenvalue weighted by Gasteiger charge is 2.14. The maximum Gasteiger partial charge on any atom is 0.150 e. The largest absolute Gasteiger partial charge is 0.491 e. The number of ether oxygens (including phenoxy) is 1. The van der Waals surface area contributed by atoms with Gasteiger partial charge < -0.3 is 10.5 Å². The van der Waals surface area contributed by atoms with E-state index in [-0.39, 0.29) is 17.4 Å². The van der Waals surface area contributed by atoms with E-state index >= 15 is 0 Å². The first-order valence-electron chi connectivity index (χ1n) is 6.62. The summed E-state index contributed by atoms with van der Waals surface area (Å²) in [5, 5.41) is 0. The van der Waals surface area contributed by atoms with E-state index in [1.165, 1.54) is 0 Å². The molecule has 0 fully saturated rings. The normalized spacial score (nSPS) is 13.2. The second kappa shape index (κ2) is 7.38. The number of hydrogen-bond donors (Lipinski definition) is 1. The second-order valence-electron chi connectivity index (χ2n) is 4.87. The minimum absolute atomic E-state index is 0.171. The molecule has 19 heavy (non-hydrogen) atoms. The van der Waals surface area contributed by atoms with Crippen LogP contribution in [0.4, 0.5) is 5.69 Å². The molecular weight excluding hydrogens is 262 g/mol. The van der Waals surface area contributed by atoms with Gasteiger partial charge in [0, 0.05) is 0 Å². The van der Waals surface area contributed by atoms with E-state index in [2.05, 4.69) is 0 Å². The van der Waals surface area contributed by atoms with Crippen LogP contribution in [-0.4, -0.2) is 26.5 Å². The summed E-state index contributed by atoms with van der Waals surface area (Å²) in [6, 6.07) is 7.21. The molecule has 2 N–H and O–H groups in total. The molecule has 0 aliphatic carbocycles. The van der Waals surface area contributed by atoms with Crippen LogP contribution in [0.2, 0.25) is 0 Å². The van der Waals surface area contributed by atoms with Gasteiger partial charge in [-0.2, -0.15) is 0 Å². The van der Waals surface area contributed by atoms with Crippen molar-refractivity contribution in [3.8, 4) is 5.75 Å². The Morgan fingerprint density at radius 2 is 2.00 bits per heavy atom. The highest BCUT2D eigenvalue weighted by atomic mass is 32.2. The molecule has 0 radical (unpaired) electrons. The average molecular weight is 285 g/mol. The molecule has 1 atom stereocenters. The number of anilines is 1. The zero-order valence-electron chi connectivity index (χ0n) is 11.6. The molecule has 1 rings (SSSR count). The van der Waals surface area contributed by atoms with Crippen molar-refractivity contribution < 1.29 is 13.2 Å². The molecule has 0 spiro atoms. The number of nitrogens with two attached hydrogens (primary N) is 1. The maximum atomic E-state index is 11.8. The van der Waals surface area contributed by atoms with Gasteiger partial charge in [-0.05, 0) is 24.5 Å². The van der Waals surface area contributed by atoms with Gasteiger partial charge in [0.25, 0.3) is 0 Å². The van der Waals surface area contributed by atoms with Crippen LogP contribution in [0.1, 0.15) is 26.7 Å². The van der Waals surface area contributed by atoms with Crippen molar-refractivity contribution in [2.45, 2.75) is 26.7 Å². The molecule has 5 heteroatoms. The van der Waals surface area contributed by atoms with Gasteiger partial charge >= 0.3 is 0 Å². The molecule has 0 bridgehead atoms. The van der Waals surface area contributed by atoms with Crippen molar-refractivity contribution in [2.24, 2.45) is 5.92 Å². The third-order valence-electron chi connectivity index (χ3n) is 3.01. The number of benzene rings is 1. The molecule has 0 amide bonds. The molecule has 0 aliphatic rings. The Morgan fingerprint density at radius 3 is 2.63 bits per heavy atom. The number of hydrogen-bond acceptors (Lipinski definition) is 4. The van der Waals surface area contributed by atoms with Crippen molar-refractivity contribution in [3.05, 3.63) is 24.3 Å². The van der Waals surface area contributed by atoms with Crippen LogP contribution < -0.4 is 10.5 Å². The van der Waals surface area contributed by atoms with E-state index in [1.807, 2.05) is 26.0 Å². The first kappa shape index (κ1) is 15.8. The lowest BCUT2D eigenvalue weighted by atomic mass is 10.2. The lowest BCUT2D eigenvalue weighted by molar-refractivity contribution is 0.319. The summed E-state index contributed by atoms with van der Waals surface area (Å²) >= 11 is 0. The van der Waals surface area contributed by atoms with Crippen LogP contribution in [0.25, 0.3) is 0 Å². The van der Waals surface area contributed by atoms with Gasteiger partial charge in [0.15, 0.2) is 9.84 Å². The molecule has 0 aromatic heterocycles. The smallest absolute Gasteiger partial charge is 0.150 e. The van der Waals surface area contributed by atoms with E-state index in [9.17, 15) is 8.42 Å². The predicted molar refractivity (Wildman–Crippen MR) is 79.1 cm³/mol. The van der Waals surface area contributed by atoms with Gasteiger partial charge in [0.05, 0.1) is 23.8 Å². The zero-order valence-corrected chi connectivity index (χ0v) is 12.4. The summed E-state index contributed by atoms with van der Waals surface area (Å²) < 4.78 is 29.1. The minimum atomic E-state index is -2.97. The monoisotopic (exact) mass is 285 g/mol.